The second-order valence-electron chi connectivity index (χ2n) is 7.59. The number of rotatable bonds is 4. The second-order valence-corrected chi connectivity index (χ2v) is 8.39. The van der Waals surface area contributed by atoms with Gasteiger partial charge in [-0.2, -0.15) is 4.37 Å². The average Bonchev–Trinajstić information content (AvgIpc) is 3.35. The summed E-state index contributed by atoms with van der Waals surface area (Å²) in [7, 11) is 0. The fourth-order valence-electron chi connectivity index (χ4n) is 4.48. The van der Waals surface area contributed by atoms with Crippen LogP contribution in [0.25, 0.3) is 10.1 Å². The van der Waals surface area contributed by atoms with E-state index in [2.05, 4.69) is 27.5 Å². The normalized spacial score (nSPS) is 30.0. The van der Waals surface area contributed by atoms with Gasteiger partial charge in [-0.1, -0.05) is 12.1 Å². The minimum Gasteiger partial charge on any atom is -0.303 e. The Morgan fingerprint density at radius 1 is 1.22 bits per heavy atom. The van der Waals surface area contributed by atoms with Gasteiger partial charge in [0, 0.05) is 18.4 Å². The van der Waals surface area contributed by atoms with Crippen LogP contribution in [0, 0.1) is 11.8 Å². The molecule has 2 bridgehead atoms. The molecule has 1 atom stereocenters. The lowest BCUT2D eigenvalue weighted by molar-refractivity contribution is 0.0440. The van der Waals surface area contributed by atoms with Crippen molar-refractivity contribution >= 4 is 27.4 Å². The zero-order valence-electron chi connectivity index (χ0n) is 13.3. The fraction of sp³-hybridized carbons (Fsp3) is 0.579. The molecule has 23 heavy (non-hydrogen) atoms. The van der Waals surface area contributed by atoms with Crippen LogP contribution in [-0.4, -0.2) is 34.7 Å². The highest BCUT2D eigenvalue weighted by Gasteiger charge is 2.35. The zero-order chi connectivity index (χ0) is 15.4. The van der Waals surface area contributed by atoms with Crippen molar-refractivity contribution < 1.29 is 4.79 Å². The Balaban J connectivity index is 1.38. The molecule has 1 saturated carbocycles. The Labute approximate surface area is 140 Å². The maximum absolute atomic E-state index is 12.8. The van der Waals surface area contributed by atoms with E-state index in [4.69, 9.17) is 0 Å². The second kappa shape index (κ2) is 5.38. The number of Topliss-reactive ketones (excluding diaryl/α,β-unsaturated/α-hetero) is 1. The molecule has 1 aromatic carbocycles. The van der Waals surface area contributed by atoms with Crippen LogP contribution < -0.4 is 0 Å². The van der Waals surface area contributed by atoms with Gasteiger partial charge < -0.3 is 4.90 Å². The average molecular weight is 326 g/mol. The van der Waals surface area contributed by atoms with Gasteiger partial charge in [0.1, 0.15) is 5.69 Å². The third kappa shape index (κ3) is 2.52. The number of aromatic nitrogens is 1. The number of carbonyl (C=O) groups excluding carboxylic acids is 1. The number of hydrogen-bond acceptors (Lipinski definition) is 4. The Kier molecular flexibility index (Phi) is 3.30. The molecule has 120 valence electrons. The van der Waals surface area contributed by atoms with Crippen molar-refractivity contribution in [3.8, 4) is 0 Å². The third-order valence-electron chi connectivity index (χ3n) is 6.05. The van der Waals surface area contributed by atoms with Crippen LogP contribution in [0.15, 0.2) is 18.2 Å². The summed E-state index contributed by atoms with van der Waals surface area (Å²) in [4.78, 5) is 15.3. The lowest BCUT2D eigenvalue weighted by Gasteiger charge is -2.44. The lowest BCUT2D eigenvalue weighted by atomic mass is 9.76. The molecule has 0 amide bonds. The van der Waals surface area contributed by atoms with Crippen molar-refractivity contribution in [3.05, 3.63) is 29.5 Å². The number of benzene rings is 1. The Morgan fingerprint density at radius 2 is 2.04 bits per heavy atom. The van der Waals surface area contributed by atoms with Crippen molar-refractivity contribution in [1.29, 1.82) is 0 Å². The van der Waals surface area contributed by atoms with E-state index in [1.807, 2.05) is 0 Å². The molecule has 2 aromatic rings. The van der Waals surface area contributed by atoms with Gasteiger partial charge in [-0.3, -0.25) is 4.79 Å². The van der Waals surface area contributed by atoms with Crippen molar-refractivity contribution in [3.63, 3.8) is 0 Å². The van der Waals surface area contributed by atoms with Gasteiger partial charge in [0.2, 0.25) is 0 Å². The maximum atomic E-state index is 12.8. The predicted octanol–water partition coefficient (Wildman–Crippen LogP) is 4.09. The molecule has 4 heterocycles. The highest BCUT2D eigenvalue weighted by molar-refractivity contribution is 7.13. The number of piperidine rings is 3. The van der Waals surface area contributed by atoms with E-state index in [-0.39, 0.29) is 5.78 Å². The van der Waals surface area contributed by atoms with Crippen molar-refractivity contribution in [1.82, 2.24) is 9.27 Å². The van der Waals surface area contributed by atoms with Gasteiger partial charge in [-0.05, 0) is 79.7 Å². The Hall–Kier alpha value is -1.26. The van der Waals surface area contributed by atoms with E-state index in [9.17, 15) is 4.79 Å². The summed E-state index contributed by atoms with van der Waals surface area (Å²) in [6, 6.07) is 6.60. The molecule has 1 aliphatic carbocycles. The minimum atomic E-state index is 0.258. The van der Waals surface area contributed by atoms with E-state index < -0.39 is 0 Å². The largest absolute Gasteiger partial charge is 0.303 e. The van der Waals surface area contributed by atoms with E-state index in [0.717, 1.165) is 29.5 Å². The van der Waals surface area contributed by atoms with Crippen LogP contribution in [0.3, 0.4) is 0 Å². The van der Waals surface area contributed by atoms with Crippen molar-refractivity contribution in [2.75, 3.05) is 19.6 Å². The topological polar surface area (TPSA) is 33.2 Å². The molecule has 0 radical (unpaired) electrons. The van der Waals surface area contributed by atoms with Gasteiger partial charge in [0.05, 0.1) is 4.70 Å². The quantitative estimate of drug-likeness (QED) is 0.794. The molecule has 3 aliphatic heterocycles. The summed E-state index contributed by atoms with van der Waals surface area (Å²) in [6.07, 6.45) is 5.87. The molecule has 0 unspecified atom stereocenters. The summed E-state index contributed by atoms with van der Waals surface area (Å²) in [5.74, 6) is 2.32. The predicted molar refractivity (Wildman–Crippen MR) is 93.2 cm³/mol. The molecule has 6 rings (SSSR count). The minimum absolute atomic E-state index is 0.258. The van der Waals surface area contributed by atoms with Crippen LogP contribution in [-0.2, 0) is 0 Å². The van der Waals surface area contributed by atoms with E-state index >= 15 is 0 Å². The SMILES string of the molecule is O=C(C[C@H]1CN2CCC1CC2)c1nsc2cc(C3CC3)ccc12. The van der Waals surface area contributed by atoms with Gasteiger partial charge in [-0.15, -0.1) is 0 Å². The highest BCUT2D eigenvalue weighted by atomic mass is 32.1. The van der Waals surface area contributed by atoms with Crippen LogP contribution in [0.2, 0.25) is 0 Å². The number of nitrogens with zero attached hydrogens (tertiary/aromatic N) is 2. The molecule has 0 spiro atoms. The number of fused-ring (bicyclic) bond motifs is 4. The fourth-order valence-corrected chi connectivity index (χ4v) is 5.32. The lowest BCUT2D eigenvalue weighted by Crippen LogP contribution is -2.47. The van der Waals surface area contributed by atoms with Gasteiger partial charge in [-0.25, -0.2) is 0 Å². The van der Waals surface area contributed by atoms with E-state index in [0.29, 0.717) is 12.3 Å². The summed E-state index contributed by atoms with van der Waals surface area (Å²) < 4.78 is 5.71. The highest BCUT2D eigenvalue weighted by Crippen LogP contribution is 2.42. The molecule has 4 fully saturated rings. The number of ketones is 1. The first-order valence-electron chi connectivity index (χ1n) is 8.93. The Bertz CT molecular complexity index is 756. The first-order chi connectivity index (χ1) is 11.3. The molecule has 4 heteroatoms. The van der Waals surface area contributed by atoms with Crippen LogP contribution in [0.1, 0.15) is 54.1 Å². The monoisotopic (exact) mass is 326 g/mol. The summed E-state index contributed by atoms with van der Waals surface area (Å²) in [5, 5.41) is 1.07. The van der Waals surface area contributed by atoms with Crippen LogP contribution in [0.4, 0.5) is 0 Å². The number of hydrogen-bond donors (Lipinski definition) is 0. The van der Waals surface area contributed by atoms with E-state index in [1.165, 1.54) is 60.6 Å². The molecule has 3 nitrogen and oxygen atoms in total. The van der Waals surface area contributed by atoms with Crippen molar-refractivity contribution in [2.45, 2.75) is 38.0 Å². The van der Waals surface area contributed by atoms with Gasteiger partial charge in [0.15, 0.2) is 5.78 Å². The van der Waals surface area contributed by atoms with Crippen LogP contribution in [0.5, 0.6) is 0 Å². The van der Waals surface area contributed by atoms with Crippen molar-refractivity contribution in [2.24, 2.45) is 11.8 Å². The molecular formula is C19H22N2OS. The third-order valence-corrected chi connectivity index (χ3v) is 6.86. The first kappa shape index (κ1) is 14.1. The standard InChI is InChI=1S/C19H22N2OS/c22-17(9-15-11-21-7-5-13(15)6-8-21)19-16-4-3-14(12-1-2-12)10-18(16)23-20-19/h3-4,10,12-13,15H,1-2,5-9,11H2/t15-/m0/s1. The molecule has 3 saturated heterocycles. The first-order valence-corrected chi connectivity index (χ1v) is 9.70. The maximum Gasteiger partial charge on any atom is 0.183 e. The van der Waals surface area contributed by atoms with E-state index in [1.54, 1.807) is 0 Å². The molecule has 4 aliphatic rings. The van der Waals surface area contributed by atoms with Crippen LogP contribution >= 0.6 is 11.5 Å². The molecular weight excluding hydrogens is 304 g/mol. The summed E-state index contributed by atoms with van der Waals surface area (Å²) in [6.45, 7) is 3.59. The molecule has 1 aromatic heterocycles. The smallest absolute Gasteiger partial charge is 0.183 e. The number of carbonyl (C=O) groups is 1. The Morgan fingerprint density at radius 3 is 2.74 bits per heavy atom. The summed E-state index contributed by atoms with van der Waals surface area (Å²) in [5.41, 5.74) is 2.15. The molecule has 0 N–H and O–H groups in total. The zero-order valence-corrected chi connectivity index (χ0v) is 14.1. The van der Waals surface area contributed by atoms with Gasteiger partial charge >= 0.3 is 0 Å². The summed E-state index contributed by atoms with van der Waals surface area (Å²) >= 11 is 1.50. The van der Waals surface area contributed by atoms with Gasteiger partial charge in [0.25, 0.3) is 0 Å².